The number of carboxylic acids is 1. The van der Waals surface area contributed by atoms with Crippen molar-refractivity contribution in [3.63, 3.8) is 0 Å². The zero-order chi connectivity index (χ0) is 17.8. The van der Waals surface area contributed by atoms with E-state index < -0.39 is 5.97 Å². The molecular formula is C21H22O4. The average molecular weight is 338 g/mol. The number of rotatable bonds is 6. The molecule has 4 heteroatoms. The van der Waals surface area contributed by atoms with E-state index in [1.165, 1.54) is 0 Å². The fourth-order valence-corrected chi connectivity index (χ4v) is 3.42. The molecule has 0 heterocycles. The summed E-state index contributed by atoms with van der Waals surface area (Å²) in [5.41, 5.74) is 2.76. The number of carboxylic acid groups (broad SMARTS) is 1. The molecule has 0 amide bonds. The van der Waals surface area contributed by atoms with Crippen LogP contribution in [0.4, 0.5) is 0 Å². The molecule has 25 heavy (non-hydrogen) atoms. The molecule has 0 radical (unpaired) electrons. The first-order valence-corrected chi connectivity index (χ1v) is 8.68. The van der Waals surface area contributed by atoms with E-state index in [-0.39, 0.29) is 17.6 Å². The second kappa shape index (κ2) is 7.51. The van der Waals surface area contributed by atoms with E-state index in [1.54, 1.807) is 0 Å². The zero-order valence-corrected chi connectivity index (χ0v) is 14.3. The lowest BCUT2D eigenvalue weighted by atomic mass is 9.94. The minimum Gasteiger partial charge on any atom is -0.494 e. The molecule has 2 aromatic carbocycles. The van der Waals surface area contributed by atoms with Crippen molar-refractivity contribution in [2.24, 2.45) is 11.8 Å². The second-order valence-electron chi connectivity index (χ2n) is 6.44. The van der Waals surface area contributed by atoms with Crippen LogP contribution in [0.15, 0.2) is 48.5 Å². The molecule has 0 spiro atoms. The van der Waals surface area contributed by atoms with Gasteiger partial charge in [-0.05, 0) is 49.4 Å². The average Bonchev–Trinajstić information content (AvgIpc) is 3.13. The van der Waals surface area contributed by atoms with E-state index in [9.17, 15) is 9.59 Å². The maximum Gasteiger partial charge on any atom is 0.306 e. The van der Waals surface area contributed by atoms with E-state index in [1.807, 2.05) is 55.5 Å². The second-order valence-corrected chi connectivity index (χ2v) is 6.44. The molecule has 3 rings (SSSR count). The minimum atomic E-state index is -0.791. The van der Waals surface area contributed by atoms with Crippen LogP contribution in [0.1, 0.15) is 36.5 Å². The Balaban J connectivity index is 1.69. The molecule has 4 nitrogen and oxygen atoms in total. The van der Waals surface area contributed by atoms with Gasteiger partial charge in [-0.3, -0.25) is 9.59 Å². The van der Waals surface area contributed by atoms with Gasteiger partial charge in [-0.15, -0.1) is 0 Å². The first-order valence-electron chi connectivity index (χ1n) is 8.68. The largest absolute Gasteiger partial charge is 0.494 e. The molecule has 0 aromatic heterocycles. The van der Waals surface area contributed by atoms with Crippen LogP contribution in [0.2, 0.25) is 0 Å². The maximum absolute atomic E-state index is 12.6. The van der Waals surface area contributed by atoms with E-state index in [2.05, 4.69) is 0 Å². The maximum atomic E-state index is 12.6. The third-order valence-corrected chi connectivity index (χ3v) is 4.82. The summed E-state index contributed by atoms with van der Waals surface area (Å²) < 4.78 is 5.44. The summed E-state index contributed by atoms with van der Waals surface area (Å²) in [7, 11) is 0. The van der Waals surface area contributed by atoms with Crippen molar-refractivity contribution in [3.05, 3.63) is 54.1 Å². The molecule has 0 bridgehead atoms. The van der Waals surface area contributed by atoms with Crippen LogP contribution in [-0.4, -0.2) is 23.5 Å². The standard InChI is InChI=1S/C21H22O4/c1-2-25-19-11-9-15(10-12-19)14-3-5-16(6-4-14)20(22)17-7-8-18(13-17)21(23)24/h3-6,9-12,17-18H,2,7-8,13H2,1H3,(H,23,24). The smallest absolute Gasteiger partial charge is 0.306 e. The van der Waals surface area contributed by atoms with Crippen molar-refractivity contribution in [1.29, 1.82) is 0 Å². The van der Waals surface area contributed by atoms with Gasteiger partial charge in [0.15, 0.2) is 5.78 Å². The van der Waals surface area contributed by atoms with E-state index >= 15 is 0 Å². The molecule has 2 atom stereocenters. The van der Waals surface area contributed by atoms with Crippen molar-refractivity contribution in [2.45, 2.75) is 26.2 Å². The molecule has 1 aliphatic carbocycles. The van der Waals surface area contributed by atoms with E-state index in [0.29, 0.717) is 31.4 Å². The molecule has 0 saturated heterocycles. The Morgan fingerprint density at radius 1 is 0.960 bits per heavy atom. The number of ether oxygens (including phenoxy) is 1. The molecule has 1 saturated carbocycles. The van der Waals surface area contributed by atoms with Crippen molar-refractivity contribution in [3.8, 4) is 16.9 Å². The van der Waals surface area contributed by atoms with Gasteiger partial charge in [-0.25, -0.2) is 0 Å². The topological polar surface area (TPSA) is 63.6 Å². The molecule has 1 N–H and O–H groups in total. The van der Waals surface area contributed by atoms with Crippen molar-refractivity contribution in [2.75, 3.05) is 6.61 Å². The Hall–Kier alpha value is -2.62. The van der Waals surface area contributed by atoms with Crippen LogP contribution in [0, 0.1) is 11.8 Å². The molecule has 130 valence electrons. The highest BCUT2D eigenvalue weighted by Gasteiger charge is 2.34. The van der Waals surface area contributed by atoms with Crippen molar-refractivity contribution < 1.29 is 19.4 Å². The van der Waals surface area contributed by atoms with Crippen LogP contribution in [0.3, 0.4) is 0 Å². The summed E-state index contributed by atoms with van der Waals surface area (Å²) in [5, 5.41) is 9.08. The van der Waals surface area contributed by atoms with E-state index in [0.717, 1.165) is 16.9 Å². The molecule has 2 aromatic rings. The Bertz CT molecular complexity index is 746. The normalized spacial score (nSPS) is 19.6. The first-order chi connectivity index (χ1) is 12.1. The predicted octanol–water partition coefficient (Wildman–Crippen LogP) is 4.44. The Morgan fingerprint density at radius 2 is 1.52 bits per heavy atom. The van der Waals surface area contributed by atoms with Crippen LogP contribution in [-0.2, 0) is 4.79 Å². The summed E-state index contributed by atoms with van der Waals surface area (Å²) in [4.78, 5) is 23.6. The number of benzene rings is 2. The summed E-state index contributed by atoms with van der Waals surface area (Å²) in [6, 6.07) is 15.4. The zero-order valence-electron chi connectivity index (χ0n) is 14.3. The highest BCUT2D eigenvalue weighted by atomic mass is 16.5. The van der Waals surface area contributed by atoms with Gasteiger partial charge in [0, 0.05) is 11.5 Å². The lowest BCUT2D eigenvalue weighted by Gasteiger charge is -2.10. The molecule has 1 fully saturated rings. The molecule has 0 aliphatic heterocycles. The van der Waals surface area contributed by atoms with Gasteiger partial charge in [-0.1, -0.05) is 36.4 Å². The fourth-order valence-electron chi connectivity index (χ4n) is 3.42. The highest BCUT2D eigenvalue weighted by Crippen LogP contribution is 2.33. The van der Waals surface area contributed by atoms with Crippen LogP contribution < -0.4 is 4.74 Å². The number of carbonyl (C=O) groups is 2. The van der Waals surface area contributed by atoms with Crippen molar-refractivity contribution >= 4 is 11.8 Å². The summed E-state index contributed by atoms with van der Waals surface area (Å²) in [5.74, 6) is -0.440. The number of Topliss-reactive ketones (excluding diaryl/α,β-unsaturated/α-hetero) is 1. The van der Waals surface area contributed by atoms with E-state index in [4.69, 9.17) is 9.84 Å². The van der Waals surface area contributed by atoms with Gasteiger partial charge in [0.1, 0.15) is 5.75 Å². The molecule has 2 unspecified atom stereocenters. The number of ketones is 1. The number of carbonyl (C=O) groups excluding carboxylic acids is 1. The lowest BCUT2D eigenvalue weighted by molar-refractivity contribution is -0.141. The Labute approximate surface area is 147 Å². The first kappa shape index (κ1) is 17.2. The van der Waals surface area contributed by atoms with Gasteiger partial charge in [0.25, 0.3) is 0 Å². The van der Waals surface area contributed by atoms with Crippen LogP contribution in [0.5, 0.6) is 5.75 Å². The Morgan fingerprint density at radius 3 is 2.04 bits per heavy atom. The van der Waals surface area contributed by atoms with Gasteiger partial charge in [-0.2, -0.15) is 0 Å². The number of hydrogen-bond donors (Lipinski definition) is 1. The highest BCUT2D eigenvalue weighted by molar-refractivity contribution is 5.98. The summed E-state index contributed by atoms with van der Waals surface area (Å²) in [6.45, 7) is 2.59. The number of hydrogen-bond acceptors (Lipinski definition) is 3. The lowest BCUT2D eigenvalue weighted by Crippen LogP contribution is -2.14. The molecule has 1 aliphatic rings. The summed E-state index contributed by atoms with van der Waals surface area (Å²) >= 11 is 0. The molecular weight excluding hydrogens is 316 g/mol. The van der Waals surface area contributed by atoms with Gasteiger partial charge >= 0.3 is 5.97 Å². The fraction of sp³-hybridized carbons (Fsp3) is 0.333. The quantitative estimate of drug-likeness (QED) is 0.791. The van der Waals surface area contributed by atoms with Crippen LogP contribution in [0.25, 0.3) is 11.1 Å². The minimum absolute atomic E-state index is 0.0574. The monoisotopic (exact) mass is 338 g/mol. The third kappa shape index (κ3) is 3.90. The van der Waals surface area contributed by atoms with Gasteiger partial charge in [0.2, 0.25) is 0 Å². The predicted molar refractivity (Wildman–Crippen MR) is 95.8 cm³/mol. The van der Waals surface area contributed by atoms with Crippen LogP contribution >= 0.6 is 0 Å². The SMILES string of the molecule is CCOc1ccc(-c2ccc(C(=O)C3CCC(C(=O)O)C3)cc2)cc1. The van der Waals surface area contributed by atoms with Gasteiger partial charge in [0.05, 0.1) is 12.5 Å². The van der Waals surface area contributed by atoms with Crippen molar-refractivity contribution in [1.82, 2.24) is 0 Å². The van der Waals surface area contributed by atoms with Gasteiger partial charge < -0.3 is 9.84 Å². The number of aliphatic carboxylic acids is 1. The summed E-state index contributed by atoms with van der Waals surface area (Å²) in [6.07, 6.45) is 1.71. The Kier molecular flexibility index (Phi) is 5.17. The third-order valence-electron chi connectivity index (χ3n) is 4.82.